The van der Waals surface area contributed by atoms with Crippen LogP contribution < -0.4 is 4.74 Å². The fourth-order valence-electron chi connectivity index (χ4n) is 2.09. The maximum atomic E-state index is 13.3. The molecule has 0 aliphatic heterocycles. The van der Waals surface area contributed by atoms with Crippen LogP contribution in [0.3, 0.4) is 0 Å². The Morgan fingerprint density at radius 3 is 2.57 bits per heavy atom. The molecule has 106 valence electrons. The zero-order chi connectivity index (χ0) is 14.8. The number of benzene rings is 2. The normalized spacial score (nSPS) is 10.6. The van der Waals surface area contributed by atoms with Crippen LogP contribution in [0.4, 0.5) is 4.39 Å². The van der Waals surface area contributed by atoms with E-state index in [0.29, 0.717) is 17.3 Å². The van der Waals surface area contributed by atoms with Gasteiger partial charge in [0.1, 0.15) is 11.6 Å². The molecule has 3 aromatic rings. The Labute approximate surface area is 125 Å². The Balaban J connectivity index is 2.22. The van der Waals surface area contributed by atoms with Crippen LogP contribution in [0, 0.1) is 5.82 Å². The summed E-state index contributed by atoms with van der Waals surface area (Å²) in [5.74, 6) is 0.528. The molecule has 1 aromatic heterocycles. The smallest absolute Gasteiger partial charge is 0.230 e. The van der Waals surface area contributed by atoms with Crippen molar-refractivity contribution in [2.24, 2.45) is 0 Å². The van der Waals surface area contributed by atoms with Crippen molar-refractivity contribution in [3.8, 4) is 22.8 Å². The molecule has 0 amide bonds. The molecule has 0 saturated carbocycles. The molecule has 2 aromatic carbocycles. The second kappa shape index (κ2) is 5.54. The minimum Gasteiger partial charge on any atom is -0.494 e. The van der Waals surface area contributed by atoms with Gasteiger partial charge in [-0.25, -0.2) is 4.39 Å². The Bertz CT molecular complexity index is 774. The van der Waals surface area contributed by atoms with Gasteiger partial charge in [-0.1, -0.05) is 30.3 Å². The SMILES string of the molecule is COc1cc(F)ccc1-n1c(Cl)nnc1-c1ccccc1. The van der Waals surface area contributed by atoms with E-state index in [2.05, 4.69) is 10.2 Å². The second-order valence-electron chi connectivity index (χ2n) is 4.31. The van der Waals surface area contributed by atoms with Gasteiger partial charge in [-0.05, 0) is 23.7 Å². The minimum absolute atomic E-state index is 0.179. The predicted molar refractivity (Wildman–Crippen MR) is 78.3 cm³/mol. The lowest BCUT2D eigenvalue weighted by Gasteiger charge is -2.12. The lowest BCUT2D eigenvalue weighted by Crippen LogP contribution is -2.01. The molecule has 21 heavy (non-hydrogen) atoms. The third kappa shape index (κ3) is 2.48. The summed E-state index contributed by atoms with van der Waals surface area (Å²) in [6, 6.07) is 13.7. The maximum absolute atomic E-state index is 13.3. The zero-order valence-corrected chi connectivity index (χ0v) is 11.9. The van der Waals surface area contributed by atoms with Gasteiger partial charge in [0.2, 0.25) is 5.28 Å². The lowest BCUT2D eigenvalue weighted by atomic mass is 10.2. The van der Waals surface area contributed by atoms with Crippen LogP contribution in [0.2, 0.25) is 5.28 Å². The summed E-state index contributed by atoms with van der Waals surface area (Å²) >= 11 is 6.14. The summed E-state index contributed by atoms with van der Waals surface area (Å²) in [4.78, 5) is 0. The number of hydrogen-bond donors (Lipinski definition) is 0. The van der Waals surface area contributed by atoms with E-state index in [9.17, 15) is 4.39 Å². The van der Waals surface area contributed by atoms with Crippen LogP contribution in [0.1, 0.15) is 0 Å². The van der Waals surface area contributed by atoms with Crippen LogP contribution in [0.25, 0.3) is 17.1 Å². The Morgan fingerprint density at radius 2 is 1.86 bits per heavy atom. The molecule has 0 N–H and O–H groups in total. The highest BCUT2D eigenvalue weighted by atomic mass is 35.5. The highest BCUT2D eigenvalue weighted by Gasteiger charge is 2.17. The van der Waals surface area contributed by atoms with Gasteiger partial charge >= 0.3 is 0 Å². The van der Waals surface area contributed by atoms with Crippen LogP contribution in [0.15, 0.2) is 48.5 Å². The quantitative estimate of drug-likeness (QED) is 0.740. The Hall–Kier alpha value is -2.40. The zero-order valence-electron chi connectivity index (χ0n) is 11.1. The number of ether oxygens (including phenoxy) is 1. The molecule has 0 aliphatic rings. The van der Waals surface area contributed by atoms with Crippen molar-refractivity contribution in [2.45, 2.75) is 0 Å². The lowest BCUT2D eigenvalue weighted by molar-refractivity contribution is 0.409. The maximum Gasteiger partial charge on any atom is 0.230 e. The Kier molecular flexibility index (Phi) is 3.58. The monoisotopic (exact) mass is 303 g/mol. The highest BCUT2D eigenvalue weighted by molar-refractivity contribution is 6.28. The topological polar surface area (TPSA) is 39.9 Å². The van der Waals surface area contributed by atoms with Crippen LogP contribution in [-0.2, 0) is 0 Å². The van der Waals surface area contributed by atoms with E-state index in [4.69, 9.17) is 16.3 Å². The van der Waals surface area contributed by atoms with Crippen molar-refractivity contribution in [2.75, 3.05) is 7.11 Å². The third-order valence-corrected chi connectivity index (χ3v) is 3.28. The molecule has 0 radical (unpaired) electrons. The van der Waals surface area contributed by atoms with Gasteiger partial charge in [-0.2, -0.15) is 0 Å². The highest BCUT2D eigenvalue weighted by Crippen LogP contribution is 2.31. The fraction of sp³-hybridized carbons (Fsp3) is 0.0667. The molecule has 0 atom stereocenters. The number of nitrogens with zero attached hydrogens (tertiary/aromatic N) is 3. The van der Waals surface area contributed by atoms with Crippen LogP contribution >= 0.6 is 11.6 Å². The molecule has 6 heteroatoms. The van der Waals surface area contributed by atoms with E-state index in [1.54, 1.807) is 10.6 Å². The molecule has 1 heterocycles. The van der Waals surface area contributed by atoms with E-state index in [0.717, 1.165) is 5.56 Å². The molecular weight excluding hydrogens is 293 g/mol. The predicted octanol–water partition coefficient (Wildman–Crippen LogP) is 3.74. The van der Waals surface area contributed by atoms with Crippen molar-refractivity contribution >= 4 is 11.6 Å². The fourth-order valence-corrected chi connectivity index (χ4v) is 2.30. The third-order valence-electron chi connectivity index (χ3n) is 3.04. The largest absolute Gasteiger partial charge is 0.494 e. The summed E-state index contributed by atoms with van der Waals surface area (Å²) in [6.45, 7) is 0. The van der Waals surface area contributed by atoms with E-state index in [1.807, 2.05) is 30.3 Å². The number of methoxy groups -OCH3 is 1. The van der Waals surface area contributed by atoms with Crippen molar-refractivity contribution in [1.29, 1.82) is 0 Å². The van der Waals surface area contributed by atoms with Gasteiger partial charge in [0.25, 0.3) is 0 Å². The van der Waals surface area contributed by atoms with Gasteiger partial charge in [0.05, 0.1) is 12.8 Å². The van der Waals surface area contributed by atoms with Gasteiger partial charge in [0.15, 0.2) is 5.82 Å². The van der Waals surface area contributed by atoms with E-state index in [-0.39, 0.29) is 11.1 Å². The number of halogens is 2. The summed E-state index contributed by atoms with van der Waals surface area (Å²) in [5, 5.41) is 8.17. The first kappa shape index (κ1) is 13.6. The summed E-state index contributed by atoms with van der Waals surface area (Å²) in [5.41, 5.74) is 1.43. The van der Waals surface area contributed by atoms with Gasteiger partial charge < -0.3 is 4.74 Å². The van der Waals surface area contributed by atoms with Crippen molar-refractivity contribution in [3.63, 3.8) is 0 Å². The van der Waals surface area contributed by atoms with Gasteiger partial charge in [-0.15, -0.1) is 10.2 Å². The van der Waals surface area contributed by atoms with Crippen molar-refractivity contribution < 1.29 is 9.13 Å². The molecule has 0 spiro atoms. The van der Waals surface area contributed by atoms with Crippen molar-refractivity contribution in [3.05, 3.63) is 59.6 Å². The first-order chi connectivity index (χ1) is 10.2. The molecule has 4 nitrogen and oxygen atoms in total. The van der Waals surface area contributed by atoms with Crippen LogP contribution in [0.5, 0.6) is 5.75 Å². The second-order valence-corrected chi connectivity index (χ2v) is 4.65. The average molecular weight is 304 g/mol. The number of hydrogen-bond acceptors (Lipinski definition) is 3. The standard InChI is InChI=1S/C15H11ClFN3O/c1-21-13-9-11(17)7-8-12(13)20-14(18-19-15(20)16)10-5-3-2-4-6-10/h2-9H,1H3. The summed E-state index contributed by atoms with van der Waals surface area (Å²) in [7, 11) is 1.47. The van der Waals surface area contributed by atoms with Crippen LogP contribution in [-0.4, -0.2) is 21.9 Å². The Morgan fingerprint density at radius 1 is 1.10 bits per heavy atom. The molecule has 0 fully saturated rings. The molecule has 0 saturated heterocycles. The van der Waals surface area contributed by atoms with E-state index < -0.39 is 0 Å². The molecule has 3 rings (SSSR count). The average Bonchev–Trinajstić information content (AvgIpc) is 2.89. The summed E-state index contributed by atoms with van der Waals surface area (Å²) in [6.07, 6.45) is 0. The molecular formula is C15H11ClFN3O. The van der Waals surface area contributed by atoms with Gasteiger partial charge in [-0.3, -0.25) is 4.57 Å². The first-order valence-electron chi connectivity index (χ1n) is 6.21. The molecule has 0 unspecified atom stereocenters. The summed E-state index contributed by atoms with van der Waals surface area (Å²) < 4.78 is 20.2. The van der Waals surface area contributed by atoms with Crippen molar-refractivity contribution in [1.82, 2.24) is 14.8 Å². The minimum atomic E-state index is -0.388. The number of rotatable bonds is 3. The van der Waals surface area contributed by atoms with E-state index >= 15 is 0 Å². The van der Waals surface area contributed by atoms with E-state index in [1.165, 1.54) is 19.2 Å². The molecule has 0 bridgehead atoms. The number of aromatic nitrogens is 3. The first-order valence-corrected chi connectivity index (χ1v) is 6.59. The molecule has 0 aliphatic carbocycles. The van der Waals surface area contributed by atoms with Gasteiger partial charge in [0, 0.05) is 11.6 Å².